The first kappa shape index (κ1) is 15.7. The van der Waals surface area contributed by atoms with E-state index >= 15 is 0 Å². The zero-order chi connectivity index (χ0) is 16.4. The van der Waals surface area contributed by atoms with Gasteiger partial charge in [0.05, 0.1) is 13.1 Å². The van der Waals surface area contributed by atoms with E-state index in [0.717, 1.165) is 17.6 Å². The Hall–Kier alpha value is -2.21. The zero-order valence-electron chi connectivity index (χ0n) is 14.1. The van der Waals surface area contributed by atoms with Crippen molar-refractivity contribution in [1.29, 1.82) is 0 Å². The maximum Gasteiger partial charge on any atom is 0.209 e. The van der Waals surface area contributed by atoms with Crippen LogP contribution in [0.3, 0.4) is 0 Å². The second-order valence-electron chi connectivity index (χ2n) is 6.94. The van der Waals surface area contributed by atoms with Crippen LogP contribution in [0.15, 0.2) is 35.3 Å². The Balaban J connectivity index is 1.66. The molecule has 1 unspecified atom stereocenters. The molecule has 0 saturated heterocycles. The maximum absolute atomic E-state index is 5.81. The van der Waals surface area contributed by atoms with Crippen LogP contribution in [0.25, 0.3) is 11.1 Å². The van der Waals surface area contributed by atoms with Crippen molar-refractivity contribution in [2.24, 2.45) is 0 Å². The molecule has 0 spiro atoms. The summed E-state index contributed by atoms with van der Waals surface area (Å²) >= 11 is 0. The lowest BCUT2D eigenvalue weighted by Crippen LogP contribution is -2.30. The van der Waals surface area contributed by atoms with E-state index in [0.29, 0.717) is 12.4 Å². The highest BCUT2D eigenvalue weighted by atomic mass is 16.3. The van der Waals surface area contributed by atoms with Gasteiger partial charge in [-0.15, -0.1) is 0 Å². The van der Waals surface area contributed by atoms with Crippen LogP contribution in [0.2, 0.25) is 0 Å². The molecule has 2 heterocycles. The summed E-state index contributed by atoms with van der Waals surface area (Å²) in [6.07, 6.45) is 3.26. The molecular formula is C17H23N5O. The molecule has 0 aliphatic carbocycles. The summed E-state index contributed by atoms with van der Waals surface area (Å²) < 4.78 is 7.62. The van der Waals surface area contributed by atoms with E-state index in [1.165, 1.54) is 5.56 Å². The minimum atomic E-state index is 0.109. The molecule has 1 aromatic carbocycles. The number of nitrogens with one attached hydrogen (secondary N) is 1. The second kappa shape index (κ2) is 6.12. The Labute approximate surface area is 135 Å². The highest BCUT2D eigenvalue weighted by Crippen LogP contribution is 2.26. The molecule has 0 radical (unpaired) electrons. The van der Waals surface area contributed by atoms with Gasteiger partial charge >= 0.3 is 0 Å². The topological polar surface area (TPSA) is 68.8 Å². The van der Waals surface area contributed by atoms with Crippen LogP contribution in [-0.2, 0) is 18.5 Å². The van der Waals surface area contributed by atoms with Gasteiger partial charge in [0.25, 0.3) is 0 Å². The summed E-state index contributed by atoms with van der Waals surface area (Å²) in [6.45, 7) is 10.0. The Bertz CT molecular complexity index is 770. The Morgan fingerprint density at radius 1 is 1.30 bits per heavy atom. The molecule has 23 heavy (non-hydrogen) atoms. The lowest BCUT2D eigenvalue weighted by Gasteiger charge is -2.18. The van der Waals surface area contributed by atoms with E-state index in [-0.39, 0.29) is 11.5 Å². The van der Waals surface area contributed by atoms with E-state index < -0.39 is 0 Å². The second-order valence-corrected chi connectivity index (χ2v) is 6.94. The van der Waals surface area contributed by atoms with E-state index in [9.17, 15) is 0 Å². The molecule has 6 nitrogen and oxygen atoms in total. The summed E-state index contributed by atoms with van der Waals surface area (Å²) in [6, 6.07) is 6.47. The van der Waals surface area contributed by atoms with Crippen molar-refractivity contribution in [3.63, 3.8) is 0 Å². The Morgan fingerprint density at radius 2 is 2.13 bits per heavy atom. The Morgan fingerprint density at radius 3 is 2.83 bits per heavy atom. The molecule has 1 N–H and O–H groups in total. The number of benzene rings is 1. The van der Waals surface area contributed by atoms with Crippen LogP contribution in [0.5, 0.6) is 0 Å². The summed E-state index contributed by atoms with van der Waals surface area (Å²) in [7, 11) is 0. The number of nitrogens with zero attached hydrogens (tertiary/aromatic N) is 4. The van der Waals surface area contributed by atoms with Gasteiger partial charge in [-0.05, 0) is 30.0 Å². The van der Waals surface area contributed by atoms with E-state index in [4.69, 9.17) is 4.42 Å². The summed E-state index contributed by atoms with van der Waals surface area (Å²) in [4.78, 5) is 8.54. The number of rotatable bonds is 5. The molecule has 2 aromatic heterocycles. The predicted octanol–water partition coefficient (Wildman–Crippen LogP) is 2.90. The Kier molecular flexibility index (Phi) is 4.17. The minimum Gasteiger partial charge on any atom is -0.439 e. The fraction of sp³-hybridized carbons (Fsp3) is 0.471. The van der Waals surface area contributed by atoms with Gasteiger partial charge < -0.3 is 9.73 Å². The van der Waals surface area contributed by atoms with Gasteiger partial charge in [-0.2, -0.15) is 5.10 Å². The minimum absolute atomic E-state index is 0.109. The zero-order valence-corrected chi connectivity index (χ0v) is 14.1. The van der Waals surface area contributed by atoms with Crippen LogP contribution in [-0.4, -0.2) is 25.8 Å². The summed E-state index contributed by atoms with van der Waals surface area (Å²) in [5.41, 5.74) is 3.12. The van der Waals surface area contributed by atoms with Gasteiger partial charge in [-0.3, -0.25) is 4.68 Å². The van der Waals surface area contributed by atoms with Gasteiger partial charge in [-0.1, -0.05) is 26.8 Å². The van der Waals surface area contributed by atoms with Gasteiger partial charge in [0.2, 0.25) is 5.89 Å². The molecule has 0 amide bonds. The number of hydrogen-bond acceptors (Lipinski definition) is 5. The van der Waals surface area contributed by atoms with Crippen molar-refractivity contribution in [2.45, 2.75) is 52.2 Å². The molecule has 0 aliphatic rings. The SMILES string of the molecule is CC(Cn1cncn1)NCc1nc2cc(C(C)(C)C)ccc2o1. The lowest BCUT2D eigenvalue weighted by molar-refractivity contribution is 0.415. The molecular weight excluding hydrogens is 290 g/mol. The first-order valence-corrected chi connectivity index (χ1v) is 7.87. The van der Waals surface area contributed by atoms with Crippen molar-refractivity contribution in [3.8, 4) is 0 Å². The number of hydrogen-bond donors (Lipinski definition) is 1. The monoisotopic (exact) mass is 313 g/mol. The third kappa shape index (κ3) is 3.76. The highest BCUT2D eigenvalue weighted by molar-refractivity contribution is 5.73. The molecule has 122 valence electrons. The van der Waals surface area contributed by atoms with Gasteiger partial charge in [0.1, 0.15) is 18.2 Å². The maximum atomic E-state index is 5.81. The van der Waals surface area contributed by atoms with Gasteiger partial charge in [0, 0.05) is 6.04 Å². The van der Waals surface area contributed by atoms with Crippen LogP contribution in [0.4, 0.5) is 0 Å². The average molecular weight is 313 g/mol. The van der Waals surface area contributed by atoms with E-state index in [1.54, 1.807) is 17.3 Å². The quantitative estimate of drug-likeness (QED) is 0.784. The predicted molar refractivity (Wildman–Crippen MR) is 89.0 cm³/mol. The van der Waals surface area contributed by atoms with Crippen molar-refractivity contribution >= 4 is 11.1 Å². The van der Waals surface area contributed by atoms with Crippen LogP contribution < -0.4 is 5.32 Å². The van der Waals surface area contributed by atoms with E-state index in [2.05, 4.69) is 60.2 Å². The molecule has 0 saturated carbocycles. The number of fused-ring (bicyclic) bond motifs is 1. The highest BCUT2D eigenvalue weighted by Gasteiger charge is 2.16. The van der Waals surface area contributed by atoms with Gasteiger partial charge in [-0.25, -0.2) is 9.97 Å². The molecule has 3 rings (SSSR count). The third-order valence-electron chi connectivity index (χ3n) is 3.83. The third-order valence-corrected chi connectivity index (χ3v) is 3.83. The summed E-state index contributed by atoms with van der Waals surface area (Å²) in [5, 5.41) is 7.50. The molecule has 6 heteroatoms. The number of aromatic nitrogens is 4. The van der Waals surface area contributed by atoms with Crippen molar-refractivity contribution < 1.29 is 4.42 Å². The van der Waals surface area contributed by atoms with Crippen LogP contribution in [0.1, 0.15) is 39.1 Å². The van der Waals surface area contributed by atoms with Crippen molar-refractivity contribution in [2.75, 3.05) is 0 Å². The molecule has 0 fully saturated rings. The molecule has 0 aliphatic heterocycles. The standard InChI is InChI=1S/C17H23N5O/c1-12(9-22-11-18-10-20-22)19-8-16-21-14-7-13(17(2,3)4)5-6-15(14)23-16/h5-7,10-12,19H,8-9H2,1-4H3. The molecule has 0 bridgehead atoms. The summed E-state index contributed by atoms with van der Waals surface area (Å²) in [5.74, 6) is 0.705. The van der Waals surface area contributed by atoms with E-state index in [1.807, 2.05) is 6.07 Å². The normalized spacial score (nSPS) is 13.6. The van der Waals surface area contributed by atoms with Crippen LogP contribution in [0, 0.1) is 0 Å². The molecule has 3 aromatic rings. The first-order valence-electron chi connectivity index (χ1n) is 7.87. The average Bonchev–Trinajstić information content (AvgIpc) is 3.11. The smallest absolute Gasteiger partial charge is 0.209 e. The number of oxazole rings is 1. The van der Waals surface area contributed by atoms with Gasteiger partial charge in [0.15, 0.2) is 5.58 Å². The fourth-order valence-corrected chi connectivity index (χ4v) is 2.45. The first-order chi connectivity index (χ1) is 10.9. The largest absolute Gasteiger partial charge is 0.439 e. The fourth-order valence-electron chi connectivity index (χ4n) is 2.45. The van der Waals surface area contributed by atoms with Crippen LogP contribution >= 0.6 is 0 Å². The lowest BCUT2D eigenvalue weighted by atomic mass is 9.87. The van der Waals surface area contributed by atoms with Crippen molar-refractivity contribution in [3.05, 3.63) is 42.3 Å². The molecule has 1 atom stereocenters. The van der Waals surface area contributed by atoms with Crippen molar-refractivity contribution in [1.82, 2.24) is 25.1 Å².